The average Bonchev–Trinajstić information content (AvgIpc) is 3.04. The minimum absolute atomic E-state index is 0.288. The fourth-order valence-corrected chi connectivity index (χ4v) is 2.99. The van der Waals surface area contributed by atoms with E-state index in [-0.39, 0.29) is 11.5 Å². The summed E-state index contributed by atoms with van der Waals surface area (Å²) < 4.78 is 4.86. The second-order valence-electron chi connectivity index (χ2n) is 5.43. The molecule has 4 nitrogen and oxygen atoms in total. The lowest BCUT2D eigenvalue weighted by Gasteiger charge is -2.14. The molecule has 2 bridgehead atoms. The van der Waals surface area contributed by atoms with Crippen LogP contribution in [0.4, 0.5) is 0 Å². The SMILES string of the molecule is COC(=O)C(=CCC=C(C)C(=O)O)C1=C2CCC(C2)C1. The molecule has 0 spiro atoms. The van der Waals surface area contributed by atoms with Crippen LogP contribution in [0, 0.1) is 5.92 Å². The van der Waals surface area contributed by atoms with Gasteiger partial charge in [0.1, 0.15) is 0 Å². The molecular weight excluding hydrogens is 256 g/mol. The second kappa shape index (κ2) is 6.07. The predicted molar refractivity (Wildman–Crippen MR) is 75.1 cm³/mol. The average molecular weight is 276 g/mol. The summed E-state index contributed by atoms with van der Waals surface area (Å²) in [5.41, 5.74) is 3.43. The van der Waals surface area contributed by atoms with E-state index in [9.17, 15) is 9.59 Å². The number of ether oxygens (including phenoxy) is 1. The van der Waals surface area contributed by atoms with E-state index >= 15 is 0 Å². The Hall–Kier alpha value is -1.84. The number of esters is 1. The van der Waals surface area contributed by atoms with Crippen molar-refractivity contribution >= 4 is 11.9 Å². The maximum Gasteiger partial charge on any atom is 0.337 e. The highest BCUT2D eigenvalue weighted by Crippen LogP contribution is 2.46. The Kier molecular flexibility index (Phi) is 4.42. The van der Waals surface area contributed by atoms with Crippen molar-refractivity contribution in [2.75, 3.05) is 7.11 Å². The van der Waals surface area contributed by atoms with Crippen molar-refractivity contribution < 1.29 is 19.4 Å². The summed E-state index contributed by atoms with van der Waals surface area (Å²) in [4.78, 5) is 22.7. The molecule has 0 aliphatic heterocycles. The Bertz CT molecular complexity index is 523. The van der Waals surface area contributed by atoms with Crippen molar-refractivity contribution in [1.82, 2.24) is 0 Å². The van der Waals surface area contributed by atoms with Crippen LogP contribution in [0.3, 0.4) is 0 Å². The van der Waals surface area contributed by atoms with Crippen LogP contribution in [0.15, 0.2) is 34.4 Å². The number of hydrogen-bond donors (Lipinski definition) is 1. The number of aliphatic carboxylic acids is 1. The van der Waals surface area contributed by atoms with Gasteiger partial charge in [-0.15, -0.1) is 0 Å². The zero-order chi connectivity index (χ0) is 14.7. The minimum Gasteiger partial charge on any atom is -0.478 e. The summed E-state index contributed by atoms with van der Waals surface area (Å²) in [6.07, 6.45) is 8.21. The van der Waals surface area contributed by atoms with Crippen molar-refractivity contribution in [3.63, 3.8) is 0 Å². The van der Waals surface area contributed by atoms with Crippen molar-refractivity contribution in [2.24, 2.45) is 5.92 Å². The number of allylic oxidation sites excluding steroid dienone is 3. The summed E-state index contributed by atoms with van der Waals surface area (Å²) in [6.45, 7) is 1.55. The number of carboxylic acid groups (broad SMARTS) is 1. The molecule has 0 aromatic carbocycles. The number of carbonyl (C=O) groups is 2. The van der Waals surface area contributed by atoms with E-state index in [0.29, 0.717) is 17.9 Å². The number of hydrogen-bond acceptors (Lipinski definition) is 3. The summed E-state index contributed by atoms with van der Waals surface area (Å²) in [5.74, 6) is -0.564. The van der Waals surface area contributed by atoms with Gasteiger partial charge in [-0.2, -0.15) is 0 Å². The molecule has 1 N–H and O–H groups in total. The molecule has 0 saturated heterocycles. The molecule has 2 aliphatic carbocycles. The third-order valence-corrected chi connectivity index (χ3v) is 4.12. The molecule has 0 heterocycles. The van der Waals surface area contributed by atoms with E-state index < -0.39 is 5.97 Å². The third kappa shape index (κ3) is 3.00. The Morgan fingerprint density at radius 2 is 2.10 bits per heavy atom. The molecule has 1 atom stereocenters. The van der Waals surface area contributed by atoms with Crippen LogP contribution in [0.5, 0.6) is 0 Å². The largest absolute Gasteiger partial charge is 0.478 e. The Labute approximate surface area is 118 Å². The normalized spacial score (nSPS) is 22.4. The standard InChI is InChI=1S/C16H20O4/c1-10(15(17)18)4-3-5-13(16(19)20-2)14-9-11-6-7-12(14)8-11/h4-5,11H,3,6-9H2,1-2H3,(H,17,18). The van der Waals surface area contributed by atoms with Crippen molar-refractivity contribution in [3.8, 4) is 0 Å². The predicted octanol–water partition coefficient (Wildman–Crippen LogP) is 3.01. The monoisotopic (exact) mass is 276 g/mol. The van der Waals surface area contributed by atoms with E-state index in [1.807, 2.05) is 0 Å². The van der Waals surface area contributed by atoms with E-state index in [2.05, 4.69) is 0 Å². The van der Waals surface area contributed by atoms with Crippen LogP contribution in [-0.2, 0) is 14.3 Å². The van der Waals surface area contributed by atoms with Crippen LogP contribution in [0.25, 0.3) is 0 Å². The van der Waals surface area contributed by atoms with Gasteiger partial charge >= 0.3 is 11.9 Å². The molecular formula is C16H20O4. The van der Waals surface area contributed by atoms with Gasteiger partial charge in [-0.3, -0.25) is 0 Å². The molecule has 1 fully saturated rings. The molecule has 108 valence electrons. The quantitative estimate of drug-likeness (QED) is 0.619. The highest BCUT2D eigenvalue weighted by molar-refractivity contribution is 5.94. The van der Waals surface area contributed by atoms with E-state index in [1.165, 1.54) is 19.1 Å². The van der Waals surface area contributed by atoms with Gasteiger partial charge in [-0.1, -0.05) is 17.7 Å². The summed E-state index contributed by atoms with van der Waals surface area (Å²) in [6, 6.07) is 0. The molecule has 1 saturated carbocycles. The van der Waals surface area contributed by atoms with Crippen molar-refractivity contribution in [3.05, 3.63) is 34.4 Å². The first kappa shape index (κ1) is 14.6. The van der Waals surface area contributed by atoms with E-state index in [4.69, 9.17) is 9.84 Å². The summed E-state index contributed by atoms with van der Waals surface area (Å²) in [5, 5.41) is 8.81. The Balaban J connectivity index is 2.19. The molecule has 0 radical (unpaired) electrons. The lowest BCUT2D eigenvalue weighted by Crippen LogP contribution is -2.09. The Morgan fingerprint density at radius 3 is 2.60 bits per heavy atom. The molecule has 0 amide bonds. The number of methoxy groups -OCH3 is 1. The van der Waals surface area contributed by atoms with Crippen LogP contribution >= 0.6 is 0 Å². The van der Waals surface area contributed by atoms with Crippen LogP contribution in [-0.4, -0.2) is 24.2 Å². The molecule has 2 rings (SSSR count). The summed E-state index contributed by atoms with van der Waals surface area (Å²) >= 11 is 0. The van der Waals surface area contributed by atoms with Gasteiger partial charge in [-0.25, -0.2) is 9.59 Å². The van der Waals surface area contributed by atoms with Crippen molar-refractivity contribution in [1.29, 1.82) is 0 Å². The molecule has 0 aromatic rings. The lowest BCUT2D eigenvalue weighted by atomic mass is 9.92. The molecule has 2 aliphatic rings. The highest BCUT2D eigenvalue weighted by atomic mass is 16.5. The lowest BCUT2D eigenvalue weighted by molar-refractivity contribution is -0.136. The fraction of sp³-hybridized carbons (Fsp3) is 0.500. The number of carbonyl (C=O) groups excluding carboxylic acids is 1. The van der Waals surface area contributed by atoms with Gasteiger partial charge in [0.15, 0.2) is 0 Å². The number of rotatable bonds is 5. The first-order valence-corrected chi connectivity index (χ1v) is 6.92. The van der Waals surface area contributed by atoms with Gasteiger partial charge in [0, 0.05) is 5.57 Å². The molecule has 20 heavy (non-hydrogen) atoms. The van der Waals surface area contributed by atoms with Gasteiger partial charge < -0.3 is 9.84 Å². The Morgan fingerprint density at radius 1 is 1.35 bits per heavy atom. The third-order valence-electron chi connectivity index (χ3n) is 4.12. The zero-order valence-corrected chi connectivity index (χ0v) is 11.9. The van der Waals surface area contributed by atoms with Crippen molar-refractivity contribution in [2.45, 2.75) is 39.0 Å². The molecule has 0 aromatic heterocycles. The van der Waals surface area contributed by atoms with Crippen LogP contribution in [0.1, 0.15) is 39.0 Å². The van der Waals surface area contributed by atoms with Crippen LogP contribution < -0.4 is 0 Å². The van der Waals surface area contributed by atoms with Gasteiger partial charge in [-0.05, 0) is 50.5 Å². The zero-order valence-electron chi connectivity index (χ0n) is 11.9. The molecule has 4 heteroatoms. The minimum atomic E-state index is -0.931. The first-order chi connectivity index (χ1) is 9.52. The topological polar surface area (TPSA) is 63.6 Å². The number of carboxylic acids is 1. The van der Waals surface area contributed by atoms with Gasteiger partial charge in [0.05, 0.1) is 12.7 Å². The highest BCUT2D eigenvalue weighted by Gasteiger charge is 2.33. The first-order valence-electron chi connectivity index (χ1n) is 6.92. The maximum absolute atomic E-state index is 11.9. The van der Waals surface area contributed by atoms with E-state index in [1.54, 1.807) is 19.1 Å². The van der Waals surface area contributed by atoms with Gasteiger partial charge in [0.25, 0.3) is 0 Å². The van der Waals surface area contributed by atoms with Gasteiger partial charge in [0.2, 0.25) is 0 Å². The second-order valence-corrected chi connectivity index (χ2v) is 5.43. The smallest absolute Gasteiger partial charge is 0.337 e. The molecule has 1 unspecified atom stereocenters. The number of fused-ring (bicyclic) bond motifs is 2. The fourth-order valence-electron chi connectivity index (χ4n) is 2.99. The van der Waals surface area contributed by atoms with E-state index in [0.717, 1.165) is 24.8 Å². The summed E-state index contributed by atoms with van der Waals surface area (Å²) in [7, 11) is 1.38. The van der Waals surface area contributed by atoms with Crippen LogP contribution in [0.2, 0.25) is 0 Å². The maximum atomic E-state index is 11.9.